The lowest BCUT2D eigenvalue weighted by atomic mass is 10.0. The summed E-state index contributed by atoms with van der Waals surface area (Å²) in [5, 5.41) is 1.37. The number of ether oxygens (including phenoxy) is 3. The number of aryl methyl sites for hydroxylation is 2. The van der Waals surface area contributed by atoms with Crippen LogP contribution >= 0.6 is 23.2 Å². The first-order valence-corrected chi connectivity index (χ1v) is 11.0. The van der Waals surface area contributed by atoms with Crippen molar-refractivity contribution in [3.05, 3.63) is 85.5 Å². The van der Waals surface area contributed by atoms with E-state index in [1.165, 1.54) is 0 Å². The van der Waals surface area contributed by atoms with Gasteiger partial charge >= 0.3 is 0 Å². The van der Waals surface area contributed by atoms with Crippen molar-refractivity contribution in [2.45, 2.75) is 20.5 Å². The summed E-state index contributed by atoms with van der Waals surface area (Å²) in [5.41, 5.74) is 3.17. The van der Waals surface area contributed by atoms with E-state index in [0.717, 1.165) is 11.1 Å². The first kappa shape index (κ1) is 23.0. The maximum Gasteiger partial charge on any atom is 0.235 e. The van der Waals surface area contributed by atoms with Gasteiger partial charge in [-0.15, -0.1) is 0 Å². The molecule has 0 fully saturated rings. The lowest BCUT2D eigenvalue weighted by molar-refractivity contribution is 0.298. The number of halogens is 2. The van der Waals surface area contributed by atoms with Gasteiger partial charge in [0, 0.05) is 21.2 Å². The van der Waals surface area contributed by atoms with Crippen molar-refractivity contribution in [2.24, 2.45) is 0 Å². The smallest absolute Gasteiger partial charge is 0.235 e. The lowest BCUT2D eigenvalue weighted by Crippen LogP contribution is -2.12. The van der Waals surface area contributed by atoms with Crippen molar-refractivity contribution in [3.8, 4) is 28.6 Å². The van der Waals surface area contributed by atoms with Gasteiger partial charge < -0.3 is 18.6 Å². The molecule has 5 nitrogen and oxygen atoms in total. The lowest BCUT2D eigenvalue weighted by Gasteiger charge is -2.15. The Morgan fingerprint density at radius 3 is 2.27 bits per heavy atom. The normalized spacial score (nSPS) is 11.0. The standard InChI is InChI=1S/C26H22Cl2O5/c1-14-10-15(2)23-22(11-14)33-25(16-8-9-20(30-3)21(12-16)31-4)26(24(23)29)32-13-17-18(27)6-5-7-19(17)28/h5-12H,13H2,1-4H3. The van der Waals surface area contributed by atoms with E-state index in [-0.39, 0.29) is 23.5 Å². The van der Waals surface area contributed by atoms with Gasteiger partial charge in [0.05, 0.1) is 19.6 Å². The largest absolute Gasteiger partial charge is 0.493 e. The van der Waals surface area contributed by atoms with E-state index in [1.54, 1.807) is 50.6 Å². The molecule has 0 unspecified atom stereocenters. The zero-order valence-electron chi connectivity index (χ0n) is 18.6. The van der Waals surface area contributed by atoms with Crippen LogP contribution in [0.25, 0.3) is 22.3 Å². The van der Waals surface area contributed by atoms with Crippen molar-refractivity contribution < 1.29 is 18.6 Å². The Labute approximate surface area is 201 Å². The van der Waals surface area contributed by atoms with Crippen LogP contribution in [0.3, 0.4) is 0 Å². The summed E-state index contributed by atoms with van der Waals surface area (Å²) >= 11 is 12.6. The van der Waals surface area contributed by atoms with Gasteiger partial charge in [0.2, 0.25) is 11.2 Å². The Hall–Kier alpha value is -3.15. The molecule has 0 aliphatic carbocycles. The van der Waals surface area contributed by atoms with Gasteiger partial charge in [0.25, 0.3) is 0 Å². The molecule has 7 heteroatoms. The zero-order chi connectivity index (χ0) is 23.7. The second-order valence-electron chi connectivity index (χ2n) is 7.60. The summed E-state index contributed by atoms with van der Waals surface area (Å²) < 4.78 is 23.1. The monoisotopic (exact) mass is 484 g/mol. The Morgan fingerprint density at radius 1 is 0.909 bits per heavy atom. The molecule has 0 spiro atoms. The molecular formula is C26H22Cl2O5. The third-order valence-electron chi connectivity index (χ3n) is 5.36. The van der Waals surface area contributed by atoms with E-state index in [9.17, 15) is 4.79 Å². The Bertz CT molecular complexity index is 1390. The summed E-state index contributed by atoms with van der Waals surface area (Å²) in [5.74, 6) is 1.40. The molecule has 0 bridgehead atoms. The van der Waals surface area contributed by atoms with Crippen LogP contribution in [0.1, 0.15) is 16.7 Å². The van der Waals surface area contributed by atoms with Crippen LogP contribution in [-0.4, -0.2) is 14.2 Å². The topological polar surface area (TPSA) is 57.9 Å². The third-order valence-corrected chi connectivity index (χ3v) is 6.07. The molecule has 0 aliphatic heterocycles. The number of hydrogen-bond acceptors (Lipinski definition) is 5. The Morgan fingerprint density at radius 2 is 1.61 bits per heavy atom. The van der Waals surface area contributed by atoms with Crippen molar-refractivity contribution in [2.75, 3.05) is 14.2 Å². The van der Waals surface area contributed by atoms with Gasteiger partial charge in [0.15, 0.2) is 17.3 Å². The van der Waals surface area contributed by atoms with Crippen molar-refractivity contribution in [1.82, 2.24) is 0 Å². The van der Waals surface area contributed by atoms with E-state index in [0.29, 0.717) is 43.6 Å². The van der Waals surface area contributed by atoms with E-state index in [4.69, 9.17) is 41.8 Å². The average Bonchev–Trinajstić information content (AvgIpc) is 2.78. The van der Waals surface area contributed by atoms with Crippen LogP contribution < -0.4 is 19.6 Å². The number of rotatable bonds is 6. The predicted molar refractivity (Wildman–Crippen MR) is 131 cm³/mol. The highest BCUT2D eigenvalue weighted by atomic mass is 35.5. The summed E-state index contributed by atoms with van der Waals surface area (Å²) in [6.45, 7) is 3.82. The van der Waals surface area contributed by atoms with Crippen LogP contribution in [0.2, 0.25) is 10.0 Å². The fraction of sp³-hybridized carbons (Fsp3) is 0.192. The molecule has 0 aliphatic rings. The highest BCUT2D eigenvalue weighted by molar-refractivity contribution is 6.35. The number of hydrogen-bond donors (Lipinski definition) is 0. The molecule has 1 heterocycles. The quantitative estimate of drug-likeness (QED) is 0.295. The van der Waals surface area contributed by atoms with Gasteiger partial charge in [-0.05, 0) is 61.4 Å². The Balaban J connectivity index is 1.93. The van der Waals surface area contributed by atoms with E-state index in [2.05, 4.69) is 0 Å². The molecule has 0 amide bonds. The van der Waals surface area contributed by atoms with E-state index < -0.39 is 0 Å². The predicted octanol–water partition coefficient (Wildman–Crippen LogP) is 6.98. The van der Waals surface area contributed by atoms with Crippen molar-refractivity contribution in [3.63, 3.8) is 0 Å². The molecule has 0 saturated heterocycles. The fourth-order valence-electron chi connectivity index (χ4n) is 3.79. The maximum absolute atomic E-state index is 13.6. The fourth-order valence-corrected chi connectivity index (χ4v) is 4.29. The first-order chi connectivity index (χ1) is 15.8. The van der Waals surface area contributed by atoms with E-state index in [1.807, 2.05) is 26.0 Å². The summed E-state index contributed by atoms with van der Waals surface area (Å²) in [7, 11) is 3.10. The number of benzene rings is 3. The van der Waals surface area contributed by atoms with Crippen LogP contribution in [-0.2, 0) is 6.61 Å². The molecule has 0 saturated carbocycles. The molecule has 4 rings (SSSR count). The van der Waals surface area contributed by atoms with Gasteiger partial charge in [-0.2, -0.15) is 0 Å². The number of methoxy groups -OCH3 is 2. The molecule has 170 valence electrons. The average molecular weight is 485 g/mol. The van der Waals surface area contributed by atoms with Crippen molar-refractivity contribution >= 4 is 34.2 Å². The van der Waals surface area contributed by atoms with Gasteiger partial charge in [0.1, 0.15) is 12.2 Å². The highest BCUT2D eigenvalue weighted by Crippen LogP contribution is 2.38. The minimum atomic E-state index is -0.276. The molecule has 0 atom stereocenters. The van der Waals surface area contributed by atoms with E-state index >= 15 is 0 Å². The Kier molecular flexibility index (Phi) is 6.54. The molecule has 33 heavy (non-hydrogen) atoms. The third kappa shape index (κ3) is 4.39. The van der Waals surface area contributed by atoms with Gasteiger partial charge in [-0.3, -0.25) is 4.79 Å². The van der Waals surface area contributed by atoms with Crippen LogP contribution in [0.15, 0.2) is 57.7 Å². The minimum Gasteiger partial charge on any atom is -0.493 e. The number of fused-ring (bicyclic) bond motifs is 1. The maximum atomic E-state index is 13.6. The molecule has 3 aromatic carbocycles. The molecule has 4 aromatic rings. The second kappa shape index (κ2) is 9.38. The molecule has 0 N–H and O–H groups in total. The molecule has 1 aromatic heterocycles. The van der Waals surface area contributed by atoms with Crippen molar-refractivity contribution in [1.29, 1.82) is 0 Å². The second-order valence-corrected chi connectivity index (χ2v) is 8.42. The molecule has 0 radical (unpaired) electrons. The van der Waals surface area contributed by atoms with Gasteiger partial charge in [-0.1, -0.05) is 35.3 Å². The first-order valence-electron chi connectivity index (χ1n) is 10.2. The molecular weight excluding hydrogens is 463 g/mol. The summed E-state index contributed by atoms with van der Waals surface area (Å²) in [4.78, 5) is 13.6. The summed E-state index contributed by atoms with van der Waals surface area (Å²) in [6.07, 6.45) is 0. The summed E-state index contributed by atoms with van der Waals surface area (Å²) in [6, 6.07) is 14.2. The minimum absolute atomic E-state index is 0.0000279. The highest BCUT2D eigenvalue weighted by Gasteiger charge is 2.21. The SMILES string of the molecule is COc1ccc(-c2oc3cc(C)cc(C)c3c(=O)c2OCc2c(Cl)cccc2Cl)cc1OC. The van der Waals surface area contributed by atoms with Crippen LogP contribution in [0, 0.1) is 13.8 Å². The van der Waals surface area contributed by atoms with Gasteiger partial charge in [-0.25, -0.2) is 0 Å². The van der Waals surface area contributed by atoms with Crippen LogP contribution in [0.5, 0.6) is 17.2 Å². The zero-order valence-corrected chi connectivity index (χ0v) is 20.1. The van der Waals surface area contributed by atoms with Crippen LogP contribution in [0.4, 0.5) is 0 Å².